The van der Waals surface area contributed by atoms with Crippen molar-refractivity contribution in [3.63, 3.8) is 0 Å². The maximum absolute atomic E-state index is 12.4. The van der Waals surface area contributed by atoms with Crippen LogP contribution in [0.25, 0.3) is 22.9 Å². The predicted molar refractivity (Wildman–Crippen MR) is 117 cm³/mol. The van der Waals surface area contributed by atoms with Gasteiger partial charge in [-0.15, -0.1) is 21.5 Å². The van der Waals surface area contributed by atoms with Crippen molar-refractivity contribution in [2.24, 2.45) is 5.14 Å². The Morgan fingerprint density at radius 2 is 1.74 bits per heavy atom. The second-order valence-electron chi connectivity index (χ2n) is 6.75. The summed E-state index contributed by atoms with van der Waals surface area (Å²) in [6.07, 6.45) is 0. The molecule has 0 unspecified atom stereocenters. The van der Waals surface area contributed by atoms with Crippen LogP contribution in [0, 0.1) is 6.92 Å². The third-order valence-corrected chi connectivity index (χ3v) is 7.06. The van der Waals surface area contributed by atoms with E-state index in [0.29, 0.717) is 27.8 Å². The minimum Gasteiger partial charge on any atom is -0.416 e. The summed E-state index contributed by atoms with van der Waals surface area (Å²) in [5, 5.41) is 16.1. The average Bonchev–Trinajstić information content (AvgIpc) is 3.42. The summed E-state index contributed by atoms with van der Waals surface area (Å²) in [6.45, 7) is 2.17. The number of hydrogen-bond acceptors (Lipinski definition) is 7. The van der Waals surface area contributed by atoms with Crippen molar-refractivity contribution in [3.8, 4) is 22.9 Å². The Balaban J connectivity index is 1.43. The second-order valence-corrected chi connectivity index (χ2v) is 9.71. The van der Waals surface area contributed by atoms with E-state index < -0.39 is 10.0 Å². The van der Waals surface area contributed by atoms with Crippen LogP contribution in [0.15, 0.2) is 69.3 Å². The number of rotatable bonds is 6. The molecule has 0 fully saturated rings. The van der Waals surface area contributed by atoms with E-state index in [-0.39, 0.29) is 16.7 Å². The summed E-state index contributed by atoms with van der Waals surface area (Å²) in [6, 6.07) is 17.6. The Kier molecular flexibility index (Phi) is 5.68. The Morgan fingerprint density at radius 1 is 1.03 bits per heavy atom. The molecular formula is C21H18N4O4S2. The molecule has 3 N–H and O–H groups in total. The van der Waals surface area contributed by atoms with Crippen LogP contribution in [0.2, 0.25) is 0 Å². The van der Waals surface area contributed by atoms with E-state index in [1.54, 1.807) is 30.3 Å². The van der Waals surface area contributed by atoms with Crippen LogP contribution < -0.4 is 10.5 Å². The van der Waals surface area contributed by atoms with Crippen molar-refractivity contribution in [1.29, 1.82) is 0 Å². The number of primary sulfonamides is 1. The minimum atomic E-state index is -3.74. The lowest BCUT2D eigenvalue weighted by atomic mass is 10.1. The molecule has 158 valence electrons. The Hall–Kier alpha value is -3.34. The summed E-state index contributed by atoms with van der Waals surface area (Å²) >= 11 is 1.02. The average molecular weight is 455 g/mol. The Bertz CT molecular complexity index is 1340. The lowest BCUT2D eigenvalue weighted by Crippen LogP contribution is -2.22. The summed E-state index contributed by atoms with van der Waals surface area (Å²) in [7, 11) is -3.74. The van der Waals surface area contributed by atoms with E-state index in [0.717, 1.165) is 22.5 Å². The predicted octanol–water partition coefficient (Wildman–Crippen LogP) is 3.35. The van der Waals surface area contributed by atoms with Crippen LogP contribution >= 0.6 is 11.3 Å². The molecule has 1 amide bonds. The molecule has 0 radical (unpaired) electrons. The smallest absolute Gasteiger partial charge is 0.251 e. The normalized spacial score (nSPS) is 11.4. The standard InChI is InChI=1S/C21H18N4O4S2/c1-13-4-2-3-5-17(13)21-25-24-20(29-21)15-8-6-14(7-9-15)19(26)23-12-16-10-11-18(30-16)31(22,27)28/h2-11H,12H2,1H3,(H,23,26)(H2,22,27,28). The first-order valence-corrected chi connectivity index (χ1v) is 11.6. The van der Waals surface area contributed by atoms with Gasteiger partial charge in [0.15, 0.2) is 0 Å². The fourth-order valence-electron chi connectivity index (χ4n) is 2.90. The molecule has 0 saturated carbocycles. The third-order valence-electron chi connectivity index (χ3n) is 4.54. The highest BCUT2D eigenvalue weighted by atomic mass is 32.2. The van der Waals surface area contributed by atoms with Gasteiger partial charge in [-0.1, -0.05) is 18.2 Å². The van der Waals surface area contributed by atoms with Crippen molar-refractivity contribution >= 4 is 27.3 Å². The number of amides is 1. The maximum atomic E-state index is 12.4. The lowest BCUT2D eigenvalue weighted by molar-refractivity contribution is 0.0951. The highest BCUT2D eigenvalue weighted by Gasteiger charge is 2.14. The number of nitrogens with two attached hydrogens (primary N) is 1. The van der Waals surface area contributed by atoms with Gasteiger partial charge >= 0.3 is 0 Å². The number of carbonyl (C=O) groups excluding carboxylic acids is 1. The molecule has 2 aromatic carbocycles. The lowest BCUT2D eigenvalue weighted by Gasteiger charge is -2.04. The van der Waals surface area contributed by atoms with E-state index in [9.17, 15) is 13.2 Å². The summed E-state index contributed by atoms with van der Waals surface area (Å²) in [5.41, 5.74) is 3.05. The van der Waals surface area contributed by atoms with Crippen LogP contribution in [0.4, 0.5) is 0 Å². The highest BCUT2D eigenvalue weighted by Crippen LogP contribution is 2.26. The molecule has 2 heterocycles. The summed E-state index contributed by atoms with van der Waals surface area (Å²) < 4.78 is 28.5. The van der Waals surface area contributed by atoms with Gasteiger partial charge in [0, 0.05) is 21.6 Å². The topological polar surface area (TPSA) is 128 Å². The van der Waals surface area contributed by atoms with Gasteiger partial charge in [-0.25, -0.2) is 13.6 Å². The molecule has 0 spiro atoms. The third kappa shape index (κ3) is 4.71. The molecule has 0 atom stereocenters. The number of nitrogens with one attached hydrogen (secondary N) is 1. The number of aromatic nitrogens is 2. The molecule has 4 aromatic rings. The molecule has 10 heteroatoms. The molecular weight excluding hydrogens is 436 g/mol. The van der Waals surface area contributed by atoms with Gasteiger partial charge in [-0.05, 0) is 55.0 Å². The van der Waals surface area contributed by atoms with E-state index in [2.05, 4.69) is 15.5 Å². The number of nitrogens with zero attached hydrogens (tertiary/aromatic N) is 2. The molecule has 8 nitrogen and oxygen atoms in total. The van der Waals surface area contributed by atoms with Crippen molar-refractivity contribution < 1.29 is 17.6 Å². The van der Waals surface area contributed by atoms with Gasteiger partial charge in [0.2, 0.25) is 21.8 Å². The summed E-state index contributed by atoms with van der Waals surface area (Å²) in [5.74, 6) is 0.507. The SMILES string of the molecule is Cc1ccccc1-c1nnc(-c2ccc(C(=O)NCc3ccc(S(N)(=O)=O)s3)cc2)o1. The van der Waals surface area contributed by atoms with Crippen LogP contribution in [-0.2, 0) is 16.6 Å². The first kappa shape index (κ1) is 20.9. The summed E-state index contributed by atoms with van der Waals surface area (Å²) in [4.78, 5) is 13.1. The van der Waals surface area contributed by atoms with E-state index in [1.165, 1.54) is 6.07 Å². The molecule has 0 aliphatic carbocycles. The van der Waals surface area contributed by atoms with Crippen LogP contribution in [0.3, 0.4) is 0 Å². The fraction of sp³-hybridized carbons (Fsp3) is 0.0952. The molecule has 31 heavy (non-hydrogen) atoms. The zero-order valence-corrected chi connectivity index (χ0v) is 18.0. The number of aryl methyl sites for hydroxylation is 1. The highest BCUT2D eigenvalue weighted by molar-refractivity contribution is 7.91. The van der Waals surface area contributed by atoms with Gasteiger partial charge in [-0.3, -0.25) is 4.79 Å². The number of sulfonamides is 1. The molecule has 0 saturated heterocycles. The van der Waals surface area contributed by atoms with Gasteiger partial charge in [-0.2, -0.15) is 0 Å². The monoisotopic (exact) mass is 454 g/mol. The minimum absolute atomic E-state index is 0.0609. The second kappa shape index (κ2) is 8.42. The molecule has 0 bridgehead atoms. The van der Waals surface area contributed by atoms with Gasteiger partial charge in [0.05, 0.1) is 6.54 Å². The maximum Gasteiger partial charge on any atom is 0.251 e. The number of benzene rings is 2. The van der Waals surface area contributed by atoms with E-state index >= 15 is 0 Å². The largest absolute Gasteiger partial charge is 0.416 e. The van der Waals surface area contributed by atoms with Gasteiger partial charge in [0.25, 0.3) is 5.91 Å². The van der Waals surface area contributed by atoms with Crippen molar-refractivity contribution in [2.45, 2.75) is 17.7 Å². The molecule has 0 aliphatic rings. The van der Waals surface area contributed by atoms with Crippen molar-refractivity contribution in [3.05, 3.63) is 76.7 Å². The Labute approximate surface area is 182 Å². The van der Waals surface area contributed by atoms with E-state index in [4.69, 9.17) is 9.56 Å². The van der Waals surface area contributed by atoms with Crippen molar-refractivity contribution in [1.82, 2.24) is 15.5 Å². The van der Waals surface area contributed by atoms with Gasteiger partial charge in [0.1, 0.15) is 4.21 Å². The Morgan fingerprint density at radius 3 is 2.42 bits per heavy atom. The number of thiophene rings is 1. The number of hydrogen-bond donors (Lipinski definition) is 2. The van der Waals surface area contributed by atoms with E-state index in [1.807, 2.05) is 31.2 Å². The molecule has 0 aliphatic heterocycles. The first-order valence-electron chi connectivity index (χ1n) is 9.21. The fourth-order valence-corrected chi connectivity index (χ4v) is 4.62. The molecule has 2 aromatic heterocycles. The number of carbonyl (C=O) groups is 1. The van der Waals surface area contributed by atoms with Crippen LogP contribution in [0.5, 0.6) is 0 Å². The van der Waals surface area contributed by atoms with Crippen LogP contribution in [0.1, 0.15) is 20.8 Å². The molecule has 4 rings (SSSR count). The zero-order chi connectivity index (χ0) is 22.0. The first-order chi connectivity index (χ1) is 14.8. The van der Waals surface area contributed by atoms with Crippen LogP contribution in [-0.4, -0.2) is 24.5 Å². The van der Waals surface area contributed by atoms with Crippen molar-refractivity contribution in [2.75, 3.05) is 0 Å². The van der Waals surface area contributed by atoms with Gasteiger partial charge < -0.3 is 9.73 Å². The zero-order valence-electron chi connectivity index (χ0n) is 16.4. The quantitative estimate of drug-likeness (QED) is 0.460.